The highest BCUT2D eigenvalue weighted by Gasteiger charge is 2.12. The van der Waals surface area contributed by atoms with Gasteiger partial charge < -0.3 is 25.1 Å². The van der Waals surface area contributed by atoms with Crippen molar-refractivity contribution >= 4 is 46.1 Å². The van der Waals surface area contributed by atoms with Gasteiger partial charge in [0.25, 0.3) is 0 Å². The monoisotopic (exact) mass is 499 g/mol. The van der Waals surface area contributed by atoms with Crippen molar-refractivity contribution in [2.24, 2.45) is 0 Å². The Bertz CT molecular complexity index is 1340. The lowest BCUT2D eigenvalue weighted by Gasteiger charge is -2.11. The number of fused-ring (bicyclic) bond motifs is 1. The first-order valence-electron chi connectivity index (χ1n) is 11.6. The molecule has 0 aliphatic carbocycles. The number of aromatic amines is 1. The summed E-state index contributed by atoms with van der Waals surface area (Å²) in [4.78, 5) is 21.7. The highest BCUT2D eigenvalue weighted by atomic mass is 32.2. The predicted octanol–water partition coefficient (Wildman–Crippen LogP) is 6.18. The summed E-state index contributed by atoms with van der Waals surface area (Å²) >= 11 is 1.33. The first-order valence-corrected chi connectivity index (χ1v) is 12.4. The second kappa shape index (κ2) is 11.0. The number of rotatable bonds is 10. The van der Waals surface area contributed by atoms with E-state index in [0.717, 1.165) is 33.9 Å². The van der Waals surface area contributed by atoms with Gasteiger partial charge >= 0.3 is 0 Å². The molecule has 0 aliphatic rings. The fourth-order valence-electron chi connectivity index (χ4n) is 3.44. The molecule has 0 fully saturated rings. The number of benzene rings is 3. The Hall–Kier alpha value is -4.31. The predicted molar refractivity (Wildman–Crippen MR) is 142 cm³/mol. The summed E-state index contributed by atoms with van der Waals surface area (Å²) in [5.41, 5.74) is 3.50. The molecule has 0 spiro atoms. The highest BCUT2D eigenvalue weighted by Crippen LogP contribution is 2.28. The molecule has 0 saturated heterocycles. The lowest BCUT2D eigenvalue weighted by Crippen LogP contribution is -2.05. The molecule has 3 N–H and O–H groups in total. The minimum absolute atomic E-state index is 0.404. The van der Waals surface area contributed by atoms with Gasteiger partial charge in [-0.15, -0.1) is 0 Å². The standard InChI is InChI=1S/C26H25N7O2S/c1-3-34-19-13-9-17(10-14-19)27-23-31-24(28-18-11-15-20(16-12-18)35-4-2)33-26(32-23)36-25-29-21-7-5-6-8-22(21)30-25/h5-16H,3-4H2,1-2H3,(H,29,30)(H2,27,28,31,32,33). The summed E-state index contributed by atoms with van der Waals surface area (Å²) in [6.07, 6.45) is 0. The van der Waals surface area contributed by atoms with Crippen LogP contribution in [-0.2, 0) is 0 Å². The second-order valence-corrected chi connectivity index (χ2v) is 8.55. The van der Waals surface area contributed by atoms with Gasteiger partial charge in [0.15, 0.2) is 5.16 Å². The van der Waals surface area contributed by atoms with E-state index in [0.29, 0.717) is 35.4 Å². The molecule has 2 heterocycles. The molecule has 3 aromatic carbocycles. The van der Waals surface area contributed by atoms with Gasteiger partial charge in [-0.05, 0) is 86.3 Å². The van der Waals surface area contributed by atoms with Crippen LogP contribution in [0, 0.1) is 0 Å². The first kappa shape index (κ1) is 23.4. The Labute approximate surface area is 212 Å². The average Bonchev–Trinajstić information content (AvgIpc) is 3.29. The van der Waals surface area contributed by atoms with E-state index >= 15 is 0 Å². The van der Waals surface area contributed by atoms with Crippen molar-refractivity contribution in [2.75, 3.05) is 23.8 Å². The molecule has 0 amide bonds. The van der Waals surface area contributed by atoms with Crippen LogP contribution in [-0.4, -0.2) is 38.1 Å². The van der Waals surface area contributed by atoms with Crippen LogP contribution in [0.15, 0.2) is 83.1 Å². The molecule has 36 heavy (non-hydrogen) atoms. The molecule has 5 rings (SSSR count). The summed E-state index contributed by atoms with van der Waals surface area (Å²) in [7, 11) is 0. The third-order valence-electron chi connectivity index (χ3n) is 5.01. The van der Waals surface area contributed by atoms with Crippen molar-refractivity contribution in [1.29, 1.82) is 0 Å². The number of hydrogen-bond donors (Lipinski definition) is 3. The number of anilines is 4. The number of nitrogens with zero attached hydrogens (tertiary/aromatic N) is 4. The molecule has 9 nitrogen and oxygen atoms in total. The van der Waals surface area contributed by atoms with Crippen molar-refractivity contribution in [2.45, 2.75) is 24.2 Å². The van der Waals surface area contributed by atoms with Crippen molar-refractivity contribution < 1.29 is 9.47 Å². The van der Waals surface area contributed by atoms with E-state index in [1.807, 2.05) is 86.6 Å². The lowest BCUT2D eigenvalue weighted by atomic mass is 10.3. The fraction of sp³-hybridized carbons (Fsp3) is 0.154. The van der Waals surface area contributed by atoms with Gasteiger partial charge in [-0.2, -0.15) is 15.0 Å². The van der Waals surface area contributed by atoms with Crippen LogP contribution >= 0.6 is 11.8 Å². The molecule has 5 aromatic rings. The molecule has 0 unspecified atom stereocenters. The largest absolute Gasteiger partial charge is 0.494 e. The smallest absolute Gasteiger partial charge is 0.233 e. The van der Waals surface area contributed by atoms with Gasteiger partial charge in [0.2, 0.25) is 17.1 Å². The summed E-state index contributed by atoms with van der Waals surface area (Å²) in [5, 5.41) is 7.70. The zero-order valence-electron chi connectivity index (χ0n) is 19.9. The Morgan fingerprint density at radius 1 is 0.694 bits per heavy atom. The van der Waals surface area contributed by atoms with Crippen LogP contribution in [0.25, 0.3) is 11.0 Å². The first-order chi connectivity index (χ1) is 17.7. The minimum Gasteiger partial charge on any atom is -0.494 e. The van der Waals surface area contributed by atoms with E-state index in [1.54, 1.807) is 0 Å². The Morgan fingerprint density at radius 2 is 1.25 bits per heavy atom. The van der Waals surface area contributed by atoms with Crippen molar-refractivity contribution in [3.05, 3.63) is 72.8 Å². The molecule has 0 bridgehead atoms. The maximum absolute atomic E-state index is 5.53. The Balaban J connectivity index is 1.42. The zero-order valence-corrected chi connectivity index (χ0v) is 20.7. The number of nitrogens with one attached hydrogen (secondary N) is 3. The summed E-state index contributed by atoms with van der Waals surface area (Å²) in [5.74, 6) is 2.41. The number of para-hydroxylation sites is 2. The minimum atomic E-state index is 0.404. The maximum atomic E-state index is 5.53. The highest BCUT2D eigenvalue weighted by molar-refractivity contribution is 7.99. The van der Waals surface area contributed by atoms with E-state index in [2.05, 4.69) is 35.6 Å². The molecule has 0 saturated carbocycles. The van der Waals surface area contributed by atoms with Crippen LogP contribution in [0.4, 0.5) is 23.3 Å². The third kappa shape index (κ3) is 5.84. The lowest BCUT2D eigenvalue weighted by molar-refractivity contribution is 0.340. The summed E-state index contributed by atoms with van der Waals surface area (Å²) in [6.45, 7) is 5.14. The van der Waals surface area contributed by atoms with Crippen LogP contribution in [0.2, 0.25) is 0 Å². The summed E-state index contributed by atoms with van der Waals surface area (Å²) < 4.78 is 11.1. The van der Waals surface area contributed by atoms with E-state index in [9.17, 15) is 0 Å². The third-order valence-corrected chi connectivity index (χ3v) is 5.77. The van der Waals surface area contributed by atoms with Crippen LogP contribution in [0.5, 0.6) is 11.5 Å². The molecule has 0 radical (unpaired) electrons. The van der Waals surface area contributed by atoms with Gasteiger partial charge in [0.1, 0.15) is 11.5 Å². The van der Waals surface area contributed by atoms with E-state index in [4.69, 9.17) is 9.47 Å². The van der Waals surface area contributed by atoms with Crippen molar-refractivity contribution in [3.8, 4) is 11.5 Å². The van der Waals surface area contributed by atoms with Gasteiger partial charge in [0, 0.05) is 11.4 Å². The van der Waals surface area contributed by atoms with Crippen molar-refractivity contribution in [3.63, 3.8) is 0 Å². The van der Waals surface area contributed by atoms with Crippen LogP contribution < -0.4 is 20.1 Å². The molecule has 0 aliphatic heterocycles. The zero-order chi connectivity index (χ0) is 24.7. The average molecular weight is 500 g/mol. The Kier molecular flexibility index (Phi) is 7.13. The van der Waals surface area contributed by atoms with Crippen LogP contribution in [0.1, 0.15) is 13.8 Å². The molecule has 2 aromatic heterocycles. The molecule has 182 valence electrons. The van der Waals surface area contributed by atoms with Gasteiger partial charge in [-0.3, -0.25) is 0 Å². The molecule has 10 heteroatoms. The fourth-order valence-corrected chi connectivity index (χ4v) is 4.18. The van der Waals surface area contributed by atoms with E-state index in [-0.39, 0.29) is 0 Å². The topological polar surface area (TPSA) is 110 Å². The normalized spacial score (nSPS) is 10.8. The number of aromatic nitrogens is 5. The van der Waals surface area contributed by atoms with Crippen LogP contribution in [0.3, 0.4) is 0 Å². The van der Waals surface area contributed by atoms with Gasteiger partial charge in [0.05, 0.1) is 24.2 Å². The number of imidazole rings is 1. The van der Waals surface area contributed by atoms with E-state index < -0.39 is 0 Å². The Morgan fingerprint density at radius 3 is 1.78 bits per heavy atom. The summed E-state index contributed by atoms with van der Waals surface area (Å²) in [6, 6.07) is 23.1. The molecular formula is C26H25N7O2S. The number of ether oxygens (including phenoxy) is 2. The SMILES string of the molecule is CCOc1ccc(Nc2nc(Nc3ccc(OCC)cc3)nc(Sc3nc4ccccc4[nH]3)n2)cc1. The second-order valence-electron chi connectivity index (χ2n) is 7.59. The number of hydrogen-bond acceptors (Lipinski definition) is 9. The van der Waals surface area contributed by atoms with Gasteiger partial charge in [-0.1, -0.05) is 12.1 Å². The molecule has 0 atom stereocenters. The quantitative estimate of drug-likeness (QED) is 0.207. The van der Waals surface area contributed by atoms with Crippen molar-refractivity contribution in [1.82, 2.24) is 24.9 Å². The maximum Gasteiger partial charge on any atom is 0.233 e. The van der Waals surface area contributed by atoms with Gasteiger partial charge in [-0.25, -0.2) is 4.98 Å². The number of H-pyrrole nitrogens is 1. The molecular weight excluding hydrogens is 474 g/mol. The van der Waals surface area contributed by atoms with E-state index in [1.165, 1.54) is 11.8 Å².